The van der Waals surface area contributed by atoms with Gasteiger partial charge in [0.1, 0.15) is 12.6 Å². The van der Waals surface area contributed by atoms with Gasteiger partial charge in [-0.05, 0) is 35.6 Å². The summed E-state index contributed by atoms with van der Waals surface area (Å²) in [4.78, 5) is 35.2. The molecule has 1 aliphatic rings. The molecular weight excluding hydrogens is 384 g/mol. The van der Waals surface area contributed by atoms with Crippen molar-refractivity contribution in [3.8, 4) is 11.1 Å². The van der Waals surface area contributed by atoms with Crippen LogP contribution in [0.5, 0.6) is 0 Å². The summed E-state index contributed by atoms with van der Waals surface area (Å²) in [6.07, 6.45) is -0.0972. The lowest BCUT2D eigenvalue weighted by Gasteiger charge is -2.19. The van der Waals surface area contributed by atoms with Crippen LogP contribution in [-0.4, -0.2) is 41.8 Å². The van der Waals surface area contributed by atoms with Crippen LogP contribution in [0.4, 0.5) is 4.79 Å². The Morgan fingerprint density at radius 3 is 2.10 bits per heavy atom. The highest BCUT2D eigenvalue weighted by Crippen LogP contribution is 2.44. The fourth-order valence-corrected chi connectivity index (χ4v) is 3.69. The second kappa shape index (κ2) is 9.43. The van der Waals surface area contributed by atoms with E-state index in [1.807, 2.05) is 43.3 Å². The average molecular weight is 410 g/mol. The van der Waals surface area contributed by atoms with Crippen LogP contribution in [0.15, 0.2) is 48.5 Å². The van der Waals surface area contributed by atoms with Gasteiger partial charge in [0.25, 0.3) is 0 Å². The van der Waals surface area contributed by atoms with Crippen LogP contribution in [0.3, 0.4) is 0 Å². The summed E-state index contributed by atoms with van der Waals surface area (Å²) in [5.74, 6) is -1.58. The third kappa shape index (κ3) is 4.79. The molecule has 158 valence electrons. The molecule has 0 aromatic heterocycles. The van der Waals surface area contributed by atoms with Gasteiger partial charge in [-0.1, -0.05) is 55.5 Å². The zero-order chi connectivity index (χ0) is 21.7. The molecule has 30 heavy (non-hydrogen) atoms. The minimum Gasteiger partial charge on any atom is -0.480 e. The zero-order valence-corrected chi connectivity index (χ0v) is 17.1. The van der Waals surface area contributed by atoms with Gasteiger partial charge in [-0.15, -0.1) is 0 Å². The van der Waals surface area contributed by atoms with E-state index in [0.717, 1.165) is 22.3 Å². The highest BCUT2D eigenvalue weighted by atomic mass is 16.5. The SMILES string of the molecule is CCC(CC(=O)N[C@H](C)C(=O)O)NC(=O)OCC1c2ccccc2-c2ccccc21. The maximum Gasteiger partial charge on any atom is 0.407 e. The molecule has 2 aromatic rings. The van der Waals surface area contributed by atoms with Gasteiger partial charge in [-0.3, -0.25) is 9.59 Å². The van der Waals surface area contributed by atoms with Gasteiger partial charge in [0.15, 0.2) is 0 Å². The van der Waals surface area contributed by atoms with Crippen LogP contribution in [-0.2, 0) is 14.3 Å². The van der Waals surface area contributed by atoms with Crippen LogP contribution >= 0.6 is 0 Å². The van der Waals surface area contributed by atoms with Crippen molar-refractivity contribution in [2.45, 2.75) is 44.7 Å². The van der Waals surface area contributed by atoms with Crippen molar-refractivity contribution in [1.29, 1.82) is 0 Å². The number of ether oxygens (including phenoxy) is 1. The van der Waals surface area contributed by atoms with Gasteiger partial charge >= 0.3 is 12.1 Å². The number of aliphatic carboxylic acids is 1. The van der Waals surface area contributed by atoms with E-state index in [2.05, 4.69) is 22.8 Å². The van der Waals surface area contributed by atoms with E-state index in [1.165, 1.54) is 6.92 Å². The number of hydrogen-bond donors (Lipinski definition) is 3. The number of carboxylic acid groups (broad SMARTS) is 1. The number of nitrogens with one attached hydrogen (secondary N) is 2. The number of alkyl carbamates (subject to hydrolysis) is 1. The van der Waals surface area contributed by atoms with Crippen molar-refractivity contribution in [3.05, 3.63) is 59.7 Å². The third-order valence-corrected chi connectivity index (χ3v) is 5.34. The van der Waals surface area contributed by atoms with Gasteiger partial charge in [0.05, 0.1) is 0 Å². The number of carbonyl (C=O) groups is 3. The molecule has 0 saturated heterocycles. The molecule has 3 N–H and O–H groups in total. The smallest absolute Gasteiger partial charge is 0.407 e. The van der Waals surface area contributed by atoms with Crippen molar-refractivity contribution in [1.82, 2.24) is 10.6 Å². The van der Waals surface area contributed by atoms with Crippen LogP contribution in [0, 0.1) is 0 Å². The number of amides is 2. The molecule has 1 aliphatic carbocycles. The van der Waals surface area contributed by atoms with Gasteiger partial charge < -0.3 is 20.5 Å². The zero-order valence-electron chi connectivity index (χ0n) is 17.1. The predicted octanol–water partition coefficient (Wildman–Crippen LogP) is 3.28. The van der Waals surface area contributed by atoms with Crippen molar-refractivity contribution in [2.75, 3.05) is 6.61 Å². The maximum atomic E-state index is 12.3. The van der Waals surface area contributed by atoms with E-state index in [-0.39, 0.29) is 18.9 Å². The number of rotatable bonds is 8. The van der Waals surface area contributed by atoms with Crippen molar-refractivity contribution >= 4 is 18.0 Å². The summed E-state index contributed by atoms with van der Waals surface area (Å²) in [7, 11) is 0. The van der Waals surface area contributed by atoms with Crippen molar-refractivity contribution in [2.24, 2.45) is 0 Å². The Bertz CT molecular complexity index is 897. The molecule has 0 heterocycles. The van der Waals surface area contributed by atoms with E-state index >= 15 is 0 Å². The molecular formula is C23H26N2O5. The second-order valence-corrected chi connectivity index (χ2v) is 7.41. The summed E-state index contributed by atoms with van der Waals surface area (Å²) in [6.45, 7) is 3.42. The lowest BCUT2D eigenvalue weighted by molar-refractivity contribution is -0.141. The fourth-order valence-electron chi connectivity index (χ4n) is 3.69. The first-order valence-electron chi connectivity index (χ1n) is 10.0. The van der Waals surface area contributed by atoms with Gasteiger partial charge in [0.2, 0.25) is 5.91 Å². The molecule has 1 unspecified atom stereocenters. The van der Waals surface area contributed by atoms with Gasteiger partial charge in [0, 0.05) is 18.4 Å². The molecule has 3 rings (SSSR count). The molecule has 0 radical (unpaired) electrons. The van der Waals surface area contributed by atoms with E-state index in [9.17, 15) is 14.4 Å². The van der Waals surface area contributed by atoms with E-state index in [4.69, 9.17) is 9.84 Å². The molecule has 0 saturated carbocycles. The topological polar surface area (TPSA) is 105 Å². The molecule has 0 fully saturated rings. The van der Waals surface area contributed by atoms with E-state index < -0.39 is 30.1 Å². The number of fused-ring (bicyclic) bond motifs is 3. The standard InChI is InChI=1S/C23H26N2O5/c1-3-15(12-21(26)24-14(2)22(27)28)25-23(29)30-13-20-18-10-6-4-8-16(18)17-9-5-7-11-19(17)20/h4-11,14-15,20H,3,12-13H2,1-2H3,(H,24,26)(H,25,29)(H,27,28)/t14-,15?/m1/s1. The Morgan fingerprint density at radius 1 is 1.00 bits per heavy atom. The van der Waals surface area contributed by atoms with Crippen molar-refractivity contribution in [3.63, 3.8) is 0 Å². The normalized spacial score (nSPS) is 14.2. The fraction of sp³-hybridized carbons (Fsp3) is 0.348. The van der Waals surface area contributed by atoms with Crippen LogP contribution in [0.1, 0.15) is 43.7 Å². The molecule has 0 spiro atoms. The van der Waals surface area contributed by atoms with Crippen LogP contribution in [0.2, 0.25) is 0 Å². The minimum atomic E-state index is -1.11. The Labute approximate surface area is 175 Å². The van der Waals surface area contributed by atoms with Gasteiger partial charge in [-0.2, -0.15) is 0 Å². The molecule has 2 atom stereocenters. The molecule has 2 aromatic carbocycles. The minimum absolute atomic E-state index is 0.0156. The van der Waals surface area contributed by atoms with Crippen LogP contribution < -0.4 is 10.6 Å². The van der Waals surface area contributed by atoms with E-state index in [0.29, 0.717) is 6.42 Å². The number of carbonyl (C=O) groups excluding carboxylic acids is 2. The lowest BCUT2D eigenvalue weighted by atomic mass is 9.98. The summed E-state index contributed by atoms with van der Waals surface area (Å²) in [5, 5.41) is 14.0. The second-order valence-electron chi connectivity index (χ2n) is 7.41. The maximum absolute atomic E-state index is 12.3. The van der Waals surface area contributed by atoms with Crippen molar-refractivity contribution < 1.29 is 24.2 Å². The lowest BCUT2D eigenvalue weighted by Crippen LogP contribution is -2.43. The Hall–Kier alpha value is -3.35. The number of benzene rings is 2. The Balaban J connectivity index is 1.58. The molecule has 7 nitrogen and oxygen atoms in total. The summed E-state index contributed by atoms with van der Waals surface area (Å²) in [6, 6.07) is 14.7. The first-order valence-corrected chi connectivity index (χ1v) is 10.0. The summed E-state index contributed by atoms with van der Waals surface area (Å²) < 4.78 is 5.50. The molecule has 0 aliphatic heterocycles. The van der Waals surface area contributed by atoms with Gasteiger partial charge in [-0.25, -0.2) is 4.79 Å². The van der Waals surface area contributed by atoms with E-state index in [1.54, 1.807) is 0 Å². The average Bonchev–Trinajstić information content (AvgIpc) is 3.05. The van der Waals surface area contributed by atoms with Crippen LogP contribution in [0.25, 0.3) is 11.1 Å². The third-order valence-electron chi connectivity index (χ3n) is 5.34. The first-order chi connectivity index (χ1) is 14.4. The molecule has 2 amide bonds. The molecule has 0 bridgehead atoms. The largest absolute Gasteiger partial charge is 0.480 e. The Kier molecular flexibility index (Phi) is 6.72. The summed E-state index contributed by atoms with van der Waals surface area (Å²) in [5.41, 5.74) is 4.55. The Morgan fingerprint density at radius 2 is 1.57 bits per heavy atom. The highest BCUT2D eigenvalue weighted by Gasteiger charge is 2.29. The summed E-state index contributed by atoms with van der Waals surface area (Å²) >= 11 is 0. The predicted molar refractivity (Wildman–Crippen MR) is 112 cm³/mol. The first kappa shape index (κ1) is 21.4. The monoisotopic (exact) mass is 410 g/mol. The molecule has 7 heteroatoms. The highest BCUT2D eigenvalue weighted by molar-refractivity contribution is 5.84. The number of hydrogen-bond acceptors (Lipinski definition) is 4. The number of carboxylic acids is 1. The quantitative estimate of drug-likeness (QED) is 0.619.